The predicted octanol–water partition coefficient (Wildman–Crippen LogP) is 2.58. The van der Waals surface area contributed by atoms with Gasteiger partial charge in [-0.05, 0) is 43.1 Å². The summed E-state index contributed by atoms with van der Waals surface area (Å²) in [5, 5.41) is 3.47. The van der Waals surface area contributed by atoms with Gasteiger partial charge in [0, 0.05) is 10.8 Å². The van der Waals surface area contributed by atoms with Crippen molar-refractivity contribution in [1.82, 2.24) is 5.32 Å². The van der Waals surface area contributed by atoms with Gasteiger partial charge in [-0.15, -0.1) is 0 Å². The summed E-state index contributed by atoms with van der Waals surface area (Å²) >= 11 is 2.42. The van der Waals surface area contributed by atoms with Crippen LogP contribution in [0.4, 0.5) is 0 Å². The molecule has 1 aromatic rings. The molecule has 0 atom stereocenters. The number of nitrogens with one attached hydrogen (secondary N) is 1. The SMILES string of the molecule is ICCCNCCc1ccc2c(c1)CCO2. The third kappa shape index (κ3) is 3.35. The number of hydrogen-bond donors (Lipinski definition) is 1. The summed E-state index contributed by atoms with van der Waals surface area (Å²) < 4.78 is 6.73. The van der Waals surface area contributed by atoms with E-state index in [4.69, 9.17) is 4.74 Å². The van der Waals surface area contributed by atoms with Gasteiger partial charge in [0.25, 0.3) is 0 Å². The molecule has 0 saturated heterocycles. The number of benzene rings is 1. The molecule has 0 spiro atoms. The Hall–Kier alpha value is -0.290. The monoisotopic (exact) mass is 331 g/mol. The van der Waals surface area contributed by atoms with Gasteiger partial charge in [0.15, 0.2) is 0 Å². The van der Waals surface area contributed by atoms with Gasteiger partial charge in [-0.2, -0.15) is 0 Å². The Morgan fingerprint density at radius 2 is 2.25 bits per heavy atom. The Balaban J connectivity index is 1.77. The summed E-state index contributed by atoms with van der Waals surface area (Å²) in [4.78, 5) is 0. The number of hydrogen-bond acceptors (Lipinski definition) is 2. The van der Waals surface area contributed by atoms with E-state index < -0.39 is 0 Å². The van der Waals surface area contributed by atoms with Crippen molar-refractivity contribution in [3.8, 4) is 5.75 Å². The normalized spacial score (nSPS) is 13.6. The first kappa shape index (κ1) is 12.2. The minimum Gasteiger partial charge on any atom is -0.493 e. The Morgan fingerprint density at radius 1 is 1.31 bits per heavy atom. The fraction of sp³-hybridized carbons (Fsp3) is 0.538. The van der Waals surface area contributed by atoms with E-state index in [1.54, 1.807) is 0 Å². The Kier molecular flexibility index (Phi) is 4.91. The van der Waals surface area contributed by atoms with Crippen LogP contribution in [-0.4, -0.2) is 24.1 Å². The number of ether oxygens (including phenoxy) is 1. The molecular weight excluding hydrogens is 313 g/mol. The molecule has 3 heteroatoms. The van der Waals surface area contributed by atoms with Crippen molar-refractivity contribution >= 4 is 22.6 Å². The number of alkyl halides is 1. The maximum atomic E-state index is 5.49. The molecular formula is C13H18INO. The Morgan fingerprint density at radius 3 is 3.12 bits per heavy atom. The van der Waals surface area contributed by atoms with Crippen LogP contribution in [0, 0.1) is 0 Å². The highest BCUT2D eigenvalue weighted by atomic mass is 127. The summed E-state index contributed by atoms with van der Waals surface area (Å²) in [6, 6.07) is 6.59. The molecule has 1 aliphatic rings. The van der Waals surface area contributed by atoms with Gasteiger partial charge in [0.05, 0.1) is 6.61 Å². The molecule has 2 nitrogen and oxygen atoms in total. The largest absolute Gasteiger partial charge is 0.493 e. The molecule has 1 aromatic carbocycles. The summed E-state index contributed by atoms with van der Waals surface area (Å²) in [6.45, 7) is 3.07. The van der Waals surface area contributed by atoms with Crippen LogP contribution in [0.25, 0.3) is 0 Å². The lowest BCUT2D eigenvalue weighted by molar-refractivity contribution is 0.357. The van der Waals surface area contributed by atoms with Crippen LogP contribution in [-0.2, 0) is 12.8 Å². The standard InChI is InChI=1S/C13H18INO/c14-6-1-7-15-8-4-11-2-3-13-12(10-11)5-9-16-13/h2-3,10,15H,1,4-9H2. The molecule has 1 aliphatic heterocycles. The van der Waals surface area contributed by atoms with Crippen LogP contribution in [0.1, 0.15) is 17.5 Å². The van der Waals surface area contributed by atoms with Gasteiger partial charge in [0.1, 0.15) is 5.75 Å². The number of rotatable bonds is 6. The fourth-order valence-electron chi connectivity index (χ4n) is 1.94. The quantitative estimate of drug-likeness (QED) is 0.491. The van der Waals surface area contributed by atoms with Crippen molar-refractivity contribution < 1.29 is 4.74 Å². The summed E-state index contributed by atoms with van der Waals surface area (Å²) in [6.07, 6.45) is 3.46. The zero-order valence-corrected chi connectivity index (χ0v) is 11.6. The van der Waals surface area contributed by atoms with Crippen LogP contribution < -0.4 is 10.1 Å². The summed E-state index contributed by atoms with van der Waals surface area (Å²) in [7, 11) is 0. The molecule has 0 radical (unpaired) electrons. The molecule has 2 rings (SSSR count). The zero-order chi connectivity index (χ0) is 11.2. The Bertz CT molecular complexity index is 341. The Labute approximate surface area is 111 Å². The van der Waals surface area contributed by atoms with Crippen LogP contribution in [0.5, 0.6) is 5.75 Å². The number of halogens is 1. The average Bonchev–Trinajstić information content (AvgIpc) is 2.76. The second kappa shape index (κ2) is 6.45. The van der Waals surface area contributed by atoms with E-state index in [1.807, 2.05) is 0 Å². The lowest BCUT2D eigenvalue weighted by Crippen LogP contribution is -2.18. The third-order valence-electron chi connectivity index (χ3n) is 2.83. The van der Waals surface area contributed by atoms with Crippen LogP contribution in [0.15, 0.2) is 18.2 Å². The van der Waals surface area contributed by atoms with Crippen molar-refractivity contribution in [2.75, 3.05) is 24.1 Å². The third-order valence-corrected chi connectivity index (χ3v) is 3.59. The van der Waals surface area contributed by atoms with Crippen molar-refractivity contribution in [1.29, 1.82) is 0 Å². The number of fused-ring (bicyclic) bond motifs is 1. The molecule has 0 fully saturated rings. The molecule has 0 unspecified atom stereocenters. The smallest absolute Gasteiger partial charge is 0.122 e. The first-order chi connectivity index (χ1) is 7.90. The van der Waals surface area contributed by atoms with Crippen LogP contribution >= 0.6 is 22.6 Å². The van der Waals surface area contributed by atoms with Gasteiger partial charge in [-0.1, -0.05) is 34.7 Å². The second-order valence-electron chi connectivity index (χ2n) is 4.08. The van der Waals surface area contributed by atoms with Gasteiger partial charge >= 0.3 is 0 Å². The van der Waals surface area contributed by atoms with Gasteiger partial charge in [-0.25, -0.2) is 0 Å². The topological polar surface area (TPSA) is 21.3 Å². The first-order valence-corrected chi connectivity index (χ1v) is 7.44. The molecule has 88 valence electrons. The second-order valence-corrected chi connectivity index (χ2v) is 5.16. The lowest BCUT2D eigenvalue weighted by atomic mass is 10.1. The van der Waals surface area contributed by atoms with Gasteiger partial charge < -0.3 is 10.1 Å². The van der Waals surface area contributed by atoms with E-state index >= 15 is 0 Å². The molecule has 0 aliphatic carbocycles. The van der Waals surface area contributed by atoms with E-state index in [2.05, 4.69) is 46.1 Å². The first-order valence-electron chi connectivity index (χ1n) is 5.91. The maximum Gasteiger partial charge on any atom is 0.122 e. The van der Waals surface area contributed by atoms with Crippen molar-refractivity contribution in [2.45, 2.75) is 19.3 Å². The highest BCUT2D eigenvalue weighted by molar-refractivity contribution is 14.1. The van der Waals surface area contributed by atoms with E-state index in [9.17, 15) is 0 Å². The van der Waals surface area contributed by atoms with Crippen LogP contribution in [0.2, 0.25) is 0 Å². The van der Waals surface area contributed by atoms with Crippen molar-refractivity contribution in [2.24, 2.45) is 0 Å². The molecule has 1 heterocycles. The average molecular weight is 331 g/mol. The highest BCUT2D eigenvalue weighted by Gasteiger charge is 2.11. The van der Waals surface area contributed by atoms with E-state index in [-0.39, 0.29) is 0 Å². The van der Waals surface area contributed by atoms with Crippen molar-refractivity contribution in [3.05, 3.63) is 29.3 Å². The molecule has 1 N–H and O–H groups in total. The van der Waals surface area contributed by atoms with Crippen LogP contribution in [0.3, 0.4) is 0 Å². The minimum absolute atomic E-state index is 0.854. The van der Waals surface area contributed by atoms with E-state index in [0.29, 0.717) is 0 Å². The predicted molar refractivity (Wildman–Crippen MR) is 75.7 cm³/mol. The molecule has 0 bridgehead atoms. The van der Waals surface area contributed by atoms with Crippen molar-refractivity contribution in [3.63, 3.8) is 0 Å². The molecule has 0 saturated carbocycles. The fourth-order valence-corrected chi connectivity index (χ4v) is 2.33. The highest BCUT2D eigenvalue weighted by Crippen LogP contribution is 2.25. The molecule has 0 amide bonds. The van der Waals surface area contributed by atoms with E-state index in [1.165, 1.54) is 22.0 Å². The van der Waals surface area contributed by atoms with Gasteiger partial charge in [0.2, 0.25) is 0 Å². The maximum absolute atomic E-state index is 5.49. The molecule has 0 aromatic heterocycles. The van der Waals surface area contributed by atoms with Gasteiger partial charge in [-0.3, -0.25) is 0 Å². The zero-order valence-electron chi connectivity index (χ0n) is 9.47. The summed E-state index contributed by atoms with van der Waals surface area (Å²) in [5.41, 5.74) is 2.80. The molecule has 16 heavy (non-hydrogen) atoms. The summed E-state index contributed by atoms with van der Waals surface area (Å²) in [5.74, 6) is 1.08. The minimum atomic E-state index is 0.854. The van der Waals surface area contributed by atoms with E-state index in [0.717, 1.165) is 38.3 Å². The lowest BCUT2D eigenvalue weighted by Gasteiger charge is -2.05.